The van der Waals surface area contributed by atoms with Crippen LogP contribution < -0.4 is 5.73 Å². The molecular formula is C11H19N3O. The first kappa shape index (κ1) is 10.6. The first-order valence-corrected chi connectivity index (χ1v) is 5.45. The van der Waals surface area contributed by atoms with E-state index in [0.717, 1.165) is 18.7 Å². The van der Waals surface area contributed by atoms with E-state index in [2.05, 4.69) is 23.4 Å². The van der Waals surface area contributed by atoms with Gasteiger partial charge in [-0.3, -0.25) is 0 Å². The Balaban J connectivity index is 2.40. The number of aromatic nitrogens is 2. The average Bonchev–Trinajstić information content (AvgIpc) is 2.75. The molecule has 0 bridgehead atoms. The van der Waals surface area contributed by atoms with E-state index in [9.17, 15) is 0 Å². The van der Waals surface area contributed by atoms with Gasteiger partial charge in [-0.2, -0.15) is 0 Å². The molecule has 0 aromatic carbocycles. The van der Waals surface area contributed by atoms with Gasteiger partial charge < -0.3 is 15.0 Å². The lowest BCUT2D eigenvalue weighted by atomic mass is 9.93. The van der Waals surface area contributed by atoms with Crippen LogP contribution in [-0.4, -0.2) is 22.3 Å². The largest absolute Gasteiger partial charge is 0.376 e. The number of rotatable bonds is 2. The number of imidazole rings is 1. The van der Waals surface area contributed by atoms with Crippen LogP contribution in [0.4, 0.5) is 0 Å². The van der Waals surface area contributed by atoms with Gasteiger partial charge in [-0.25, -0.2) is 4.98 Å². The van der Waals surface area contributed by atoms with Crippen molar-refractivity contribution >= 4 is 0 Å². The monoisotopic (exact) mass is 209 g/mol. The lowest BCUT2D eigenvalue weighted by molar-refractivity contribution is 0.0745. The molecule has 15 heavy (non-hydrogen) atoms. The third-order valence-electron chi connectivity index (χ3n) is 3.54. The maximum Gasteiger partial charge on any atom is 0.0954 e. The summed E-state index contributed by atoms with van der Waals surface area (Å²) in [5.41, 5.74) is 7.01. The fraction of sp³-hybridized carbons (Fsp3) is 0.727. The summed E-state index contributed by atoms with van der Waals surface area (Å²) in [5.74, 6) is 0. The quantitative estimate of drug-likeness (QED) is 0.801. The third kappa shape index (κ3) is 1.58. The van der Waals surface area contributed by atoms with Crippen molar-refractivity contribution in [2.24, 2.45) is 5.73 Å². The smallest absolute Gasteiger partial charge is 0.0954 e. The van der Waals surface area contributed by atoms with Gasteiger partial charge in [-0.05, 0) is 27.2 Å². The highest BCUT2D eigenvalue weighted by Gasteiger charge is 2.39. The van der Waals surface area contributed by atoms with E-state index in [1.54, 1.807) is 0 Å². The van der Waals surface area contributed by atoms with Crippen molar-refractivity contribution in [2.45, 2.75) is 44.9 Å². The summed E-state index contributed by atoms with van der Waals surface area (Å²) in [6.45, 7) is 7.11. The van der Waals surface area contributed by atoms with Gasteiger partial charge in [0.1, 0.15) is 0 Å². The molecule has 0 aliphatic carbocycles. The van der Waals surface area contributed by atoms with Crippen LogP contribution in [0, 0.1) is 0 Å². The average molecular weight is 209 g/mol. The maximum absolute atomic E-state index is 5.93. The Kier molecular flexibility index (Phi) is 2.56. The van der Waals surface area contributed by atoms with Gasteiger partial charge in [-0.15, -0.1) is 0 Å². The molecule has 0 saturated carbocycles. The van der Waals surface area contributed by atoms with Crippen LogP contribution in [0.25, 0.3) is 0 Å². The lowest BCUT2D eigenvalue weighted by Gasteiger charge is -2.31. The van der Waals surface area contributed by atoms with E-state index < -0.39 is 0 Å². The zero-order valence-electron chi connectivity index (χ0n) is 9.60. The van der Waals surface area contributed by atoms with E-state index in [-0.39, 0.29) is 17.7 Å². The van der Waals surface area contributed by atoms with Crippen LogP contribution in [0.2, 0.25) is 0 Å². The van der Waals surface area contributed by atoms with Crippen LogP contribution in [0.3, 0.4) is 0 Å². The summed E-state index contributed by atoms with van der Waals surface area (Å²) < 4.78 is 7.81. The Hall–Kier alpha value is -0.870. The van der Waals surface area contributed by atoms with Crippen molar-refractivity contribution in [1.29, 1.82) is 0 Å². The molecule has 84 valence electrons. The highest BCUT2D eigenvalue weighted by Crippen LogP contribution is 2.34. The van der Waals surface area contributed by atoms with Gasteiger partial charge in [0.2, 0.25) is 0 Å². The zero-order valence-corrected chi connectivity index (χ0v) is 9.60. The first-order valence-electron chi connectivity index (χ1n) is 5.45. The van der Waals surface area contributed by atoms with Crippen LogP contribution in [-0.2, 0) is 10.3 Å². The van der Waals surface area contributed by atoms with E-state index in [0.29, 0.717) is 0 Å². The minimum absolute atomic E-state index is 0.000532. The van der Waals surface area contributed by atoms with Crippen molar-refractivity contribution in [3.8, 4) is 0 Å². The normalized spacial score (nSPS) is 33.2. The molecule has 1 saturated heterocycles. The summed E-state index contributed by atoms with van der Waals surface area (Å²) in [7, 11) is 0. The number of ether oxygens (including phenoxy) is 1. The highest BCUT2D eigenvalue weighted by molar-refractivity contribution is 5.09. The summed E-state index contributed by atoms with van der Waals surface area (Å²) in [6, 6.07) is 0.0112. The standard InChI is InChI=1S/C11H19N3O/c1-8(12)10-6-13-7-14(10)11(3)4-5-15-9(11)2/h6-9H,4-5,12H2,1-3H3. The topological polar surface area (TPSA) is 53.1 Å². The molecular weight excluding hydrogens is 190 g/mol. The molecule has 0 amide bonds. The fourth-order valence-corrected chi connectivity index (χ4v) is 2.21. The number of nitrogens with zero attached hydrogens (tertiary/aromatic N) is 2. The number of hydrogen-bond donors (Lipinski definition) is 1. The first-order chi connectivity index (χ1) is 7.05. The summed E-state index contributed by atoms with van der Waals surface area (Å²) in [4.78, 5) is 4.20. The molecule has 1 fully saturated rings. The van der Waals surface area contributed by atoms with Crippen LogP contribution in [0.15, 0.2) is 12.5 Å². The van der Waals surface area contributed by atoms with Gasteiger partial charge in [0.15, 0.2) is 0 Å². The molecule has 1 aliphatic rings. The summed E-state index contributed by atoms with van der Waals surface area (Å²) in [6.07, 6.45) is 4.94. The van der Waals surface area contributed by atoms with Gasteiger partial charge >= 0.3 is 0 Å². The summed E-state index contributed by atoms with van der Waals surface area (Å²) >= 11 is 0. The van der Waals surface area contributed by atoms with Crippen molar-refractivity contribution in [3.63, 3.8) is 0 Å². The Morgan fingerprint density at radius 2 is 2.47 bits per heavy atom. The van der Waals surface area contributed by atoms with Gasteiger partial charge in [0.05, 0.1) is 23.7 Å². The molecule has 4 nitrogen and oxygen atoms in total. The zero-order chi connectivity index (χ0) is 11.1. The fourth-order valence-electron chi connectivity index (χ4n) is 2.21. The van der Waals surface area contributed by atoms with E-state index >= 15 is 0 Å². The van der Waals surface area contributed by atoms with E-state index in [4.69, 9.17) is 10.5 Å². The number of hydrogen-bond acceptors (Lipinski definition) is 3. The summed E-state index contributed by atoms with van der Waals surface area (Å²) in [5, 5.41) is 0. The minimum Gasteiger partial charge on any atom is -0.376 e. The third-order valence-corrected chi connectivity index (χ3v) is 3.54. The molecule has 3 atom stereocenters. The second-order valence-corrected chi connectivity index (χ2v) is 4.60. The molecule has 1 aliphatic heterocycles. The second kappa shape index (κ2) is 3.61. The Morgan fingerprint density at radius 3 is 3.00 bits per heavy atom. The van der Waals surface area contributed by atoms with Gasteiger partial charge in [-0.1, -0.05) is 0 Å². The molecule has 1 aromatic rings. The van der Waals surface area contributed by atoms with E-state index in [1.807, 2.05) is 19.4 Å². The van der Waals surface area contributed by atoms with Crippen LogP contribution in [0.1, 0.15) is 38.9 Å². The molecule has 2 heterocycles. The Morgan fingerprint density at radius 1 is 1.73 bits per heavy atom. The molecule has 1 aromatic heterocycles. The molecule has 2 N–H and O–H groups in total. The lowest BCUT2D eigenvalue weighted by Crippen LogP contribution is -2.38. The maximum atomic E-state index is 5.93. The van der Waals surface area contributed by atoms with Crippen LogP contribution in [0.5, 0.6) is 0 Å². The van der Waals surface area contributed by atoms with E-state index in [1.165, 1.54) is 0 Å². The predicted octanol–water partition coefficient (Wildman–Crippen LogP) is 1.43. The highest BCUT2D eigenvalue weighted by atomic mass is 16.5. The van der Waals surface area contributed by atoms with Crippen molar-refractivity contribution in [1.82, 2.24) is 9.55 Å². The SMILES string of the molecule is CC(N)c1cncn1C1(C)CCOC1C. The Bertz CT molecular complexity index is 347. The van der Waals surface area contributed by atoms with Gasteiger partial charge in [0.25, 0.3) is 0 Å². The van der Waals surface area contributed by atoms with Crippen LogP contribution >= 0.6 is 0 Å². The molecule has 0 radical (unpaired) electrons. The molecule has 3 unspecified atom stereocenters. The van der Waals surface area contributed by atoms with Gasteiger partial charge in [0, 0.05) is 18.8 Å². The molecule has 4 heteroatoms. The minimum atomic E-state index is -0.000532. The second-order valence-electron chi connectivity index (χ2n) is 4.60. The van der Waals surface area contributed by atoms with Crippen molar-refractivity contribution in [2.75, 3.05) is 6.61 Å². The van der Waals surface area contributed by atoms with Crippen molar-refractivity contribution in [3.05, 3.63) is 18.2 Å². The van der Waals surface area contributed by atoms with Crippen molar-refractivity contribution < 1.29 is 4.74 Å². The number of nitrogens with two attached hydrogens (primary N) is 1. The molecule has 2 rings (SSSR count). The Labute approximate surface area is 90.4 Å². The molecule has 0 spiro atoms. The predicted molar refractivity (Wildman–Crippen MR) is 58.5 cm³/mol.